The van der Waals surface area contributed by atoms with E-state index in [2.05, 4.69) is 50.7 Å². The van der Waals surface area contributed by atoms with Crippen LogP contribution >= 0.6 is 0 Å². The third-order valence-electron chi connectivity index (χ3n) is 5.08. The number of piperidine rings is 1. The first-order valence-corrected chi connectivity index (χ1v) is 10.2. The minimum atomic E-state index is -0.487. The molecule has 0 saturated carbocycles. The number of hydrogen-bond acceptors (Lipinski definition) is 10. The molecule has 0 radical (unpaired) electrons. The molecule has 0 aromatic carbocycles. The Hall–Kier alpha value is -3.41. The molecule has 2 atom stereocenters. The summed E-state index contributed by atoms with van der Waals surface area (Å²) in [6.45, 7) is 6.03. The molecular weight excluding hydrogens is 401 g/mol. The second-order valence-electron chi connectivity index (χ2n) is 7.66. The Bertz CT molecular complexity index is 1010. The number of hydrogen-bond donors (Lipinski definition) is 4. The van der Waals surface area contributed by atoms with Crippen LogP contribution in [0.2, 0.25) is 0 Å². The number of nitrogens with zero attached hydrogens (tertiary/aromatic N) is 7. The maximum absolute atomic E-state index is 13.1. The molecule has 1 aliphatic heterocycles. The van der Waals surface area contributed by atoms with Gasteiger partial charge in [0.05, 0.1) is 18.4 Å². The first-order valence-electron chi connectivity index (χ1n) is 10.2. The van der Waals surface area contributed by atoms with Gasteiger partial charge in [0.25, 0.3) is 0 Å². The average molecular weight is 427 g/mol. The monoisotopic (exact) mass is 427 g/mol. The molecule has 0 bridgehead atoms. The van der Waals surface area contributed by atoms with Gasteiger partial charge < -0.3 is 21.3 Å². The summed E-state index contributed by atoms with van der Waals surface area (Å²) >= 11 is 0. The van der Waals surface area contributed by atoms with Gasteiger partial charge in [0.2, 0.25) is 17.8 Å². The van der Waals surface area contributed by atoms with Crippen LogP contribution in [0.15, 0.2) is 18.5 Å². The van der Waals surface area contributed by atoms with Crippen LogP contribution in [0.3, 0.4) is 0 Å². The fourth-order valence-electron chi connectivity index (χ4n) is 3.47. The molecule has 1 fully saturated rings. The van der Waals surface area contributed by atoms with E-state index in [1.807, 2.05) is 19.9 Å². The van der Waals surface area contributed by atoms with Gasteiger partial charge in [0.1, 0.15) is 5.82 Å². The Morgan fingerprint density at radius 1 is 1.26 bits per heavy atom. The van der Waals surface area contributed by atoms with Gasteiger partial charge in [-0.05, 0) is 39.2 Å². The molecule has 3 aromatic heterocycles. The van der Waals surface area contributed by atoms with Crippen LogP contribution in [0.1, 0.15) is 37.3 Å². The maximum atomic E-state index is 13.1. The average Bonchev–Trinajstić information content (AvgIpc) is 3.18. The molecule has 0 amide bonds. The highest BCUT2D eigenvalue weighted by Gasteiger charge is 2.23. The Morgan fingerprint density at radius 2 is 2.03 bits per heavy atom. The summed E-state index contributed by atoms with van der Waals surface area (Å²) in [6.07, 6.45) is 4.39. The first-order chi connectivity index (χ1) is 15.0. The number of aromatic nitrogens is 7. The Labute approximate surface area is 179 Å². The molecule has 31 heavy (non-hydrogen) atoms. The lowest BCUT2D eigenvalue weighted by molar-refractivity contribution is 0.419. The summed E-state index contributed by atoms with van der Waals surface area (Å²) in [4.78, 5) is 23.9. The van der Waals surface area contributed by atoms with Gasteiger partial charge in [0.15, 0.2) is 11.6 Å². The minimum Gasteiger partial charge on any atom is -0.344 e. The van der Waals surface area contributed by atoms with Crippen LogP contribution in [0, 0.1) is 18.7 Å². The number of rotatable bonds is 7. The zero-order valence-corrected chi connectivity index (χ0v) is 17.5. The number of nitrogens with one attached hydrogen (secondary N) is 3. The van der Waals surface area contributed by atoms with Crippen LogP contribution in [-0.2, 0) is 0 Å². The third-order valence-corrected chi connectivity index (χ3v) is 5.08. The summed E-state index contributed by atoms with van der Waals surface area (Å²) in [5, 5.41) is 13.4. The number of anilines is 4. The summed E-state index contributed by atoms with van der Waals surface area (Å²) in [7, 11) is 0. The summed E-state index contributed by atoms with van der Waals surface area (Å²) in [6, 6.07) is 1.52. The molecule has 3 aromatic rings. The summed E-state index contributed by atoms with van der Waals surface area (Å²) < 4.78 is 13.1. The Balaban J connectivity index is 1.61. The van der Waals surface area contributed by atoms with Gasteiger partial charge in [-0.1, -0.05) is 0 Å². The highest BCUT2D eigenvalue weighted by molar-refractivity contribution is 5.52. The van der Waals surface area contributed by atoms with Crippen molar-refractivity contribution in [3.63, 3.8) is 0 Å². The van der Waals surface area contributed by atoms with Crippen molar-refractivity contribution >= 4 is 23.7 Å². The normalized spacial score (nSPS) is 17.4. The van der Waals surface area contributed by atoms with E-state index in [-0.39, 0.29) is 6.04 Å². The van der Waals surface area contributed by atoms with Crippen LogP contribution in [0.4, 0.5) is 28.1 Å². The number of H-pyrrole nitrogens is 1. The van der Waals surface area contributed by atoms with Crippen LogP contribution in [-0.4, -0.2) is 54.8 Å². The predicted molar refractivity (Wildman–Crippen MR) is 114 cm³/mol. The van der Waals surface area contributed by atoms with E-state index in [0.717, 1.165) is 44.0 Å². The molecule has 0 unspecified atom stereocenters. The Kier molecular flexibility index (Phi) is 6.16. The fraction of sp³-hybridized carbons (Fsp3) is 0.474. The van der Waals surface area contributed by atoms with Crippen molar-refractivity contribution < 1.29 is 4.39 Å². The van der Waals surface area contributed by atoms with Gasteiger partial charge in [0, 0.05) is 24.8 Å². The van der Waals surface area contributed by atoms with Gasteiger partial charge >= 0.3 is 0 Å². The van der Waals surface area contributed by atoms with E-state index < -0.39 is 5.82 Å². The van der Waals surface area contributed by atoms with Crippen molar-refractivity contribution in [3.8, 4) is 0 Å². The SMILES string of the molecule is Cc1cc(Nc2nc(N[C@@H](C)c3ncc(F)cn3)nc(N3CCC[C@H](CN)C3)n2)n[nH]1. The molecule has 11 nitrogen and oxygen atoms in total. The molecule has 0 aliphatic carbocycles. The number of nitrogens with two attached hydrogens (primary N) is 1. The van der Waals surface area contributed by atoms with Crippen molar-refractivity contribution in [1.82, 2.24) is 35.1 Å². The van der Waals surface area contributed by atoms with E-state index in [4.69, 9.17) is 5.73 Å². The van der Waals surface area contributed by atoms with E-state index in [0.29, 0.717) is 41.9 Å². The predicted octanol–water partition coefficient (Wildman–Crippen LogP) is 1.92. The van der Waals surface area contributed by atoms with Crippen molar-refractivity contribution in [3.05, 3.63) is 35.8 Å². The molecule has 4 rings (SSSR count). The largest absolute Gasteiger partial charge is 0.344 e. The minimum absolute atomic E-state index is 0.338. The summed E-state index contributed by atoms with van der Waals surface area (Å²) in [5.74, 6) is 2.22. The second-order valence-corrected chi connectivity index (χ2v) is 7.66. The smallest absolute Gasteiger partial charge is 0.235 e. The third kappa shape index (κ3) is 5.20. The van der Waals surface area contributed by atoms with Crippen molar-refractivity contribution in [1.29, 1.82) is 0 Å². The van der Waals surface area contributed by atoms with Gasteiger partial charge in [-0.2, -0.15) is 20.1 Å². The molecule has 0 spiro atoms. The lowest BCUT2D eigenvalue weighted by Gasteiger charge is -2.32. The van der Waals surface area contributed by atoms with Crippen LogP contribution in [0.25, 0.3) is 0 Å². The van der Waals surface area contributed by atoms with Crippen molar-refractivity contribution in [2.45, 2.75) is 32.7 Å². The molecule has 12 heteroatoms. The quantitative estimate of drug-likeness (QED) is 0.441. The van der Waals surface area contributed by atoms with E-state index >= 15 is 0 Å². The maximum Gasteiger partial charge on any atom is 0.235 e. The molecular formula is C19H26FN11. The zero-order chi connectivity index (χ0) is 21.8. The standard InChI is InChI=1S/C19H26FN11/c1-11-6-15(30-29-11)25-18-26-17(24-12(2)16-22-8-14(20)9-23-16)27-19(28-18)31-5-3-4-13(7-21)10-31/h6,8-9,12-13H,3-5,7,10,21H2,1-2H3,(H3,24,25,26,27,28,29,30)/t12-,13+/m0/s1. The molecule has 164 valence electrons. The molecule has 4 heterocycles. The van der Waals surface area contributed by atoms with Crippen LogP contribution in [0.5, 0.6) is 0 Å². The highest BCUT2D eigenvalue weighted by atomic mass is 19.1. The second kappa shape index (κ2) is 9.16. The Morgan fingerprint density at radius 3 is 2.74 bits per heavy atom. The van der Waals surface area contributed by atoms with E-state index in [1.165, 1.54) is 0 Å². The fourth-order valence-corrected chi connectivity index (χ4v) is 3.47. The molecule has 1 aliphatic rings. The first kappa shape index (κ1) is 20.8. The topological polar surface area (TPSA) is 146 Å². The molecule has 5 N–H and O–H groups in total. The van der Waals surface area contributed by atoms with Gasteiger partial charge in [-0.25, -0.2) is 14.4 Å². The van der Waals surface area contributed by atoms with Gasteiger partial charge in [-0.15, -0.1) is 0 Å². The van der Waals surface area contributed by atoms with Gasteiger partial charge in [-0.3, -0.25) is 5.10 Å². The van der Waals surface area contributed by atoms with Crippen molar-refractivity contribution in [2.24, 2.45) is 11.7 Å². The lowest BCUT2D eigenvalue weighted by atomic mass is 9.99. The van der Waals surface area contributed by atoms with Crippen molar-refractivity contribution in [2.75, 3.05) is 35.2 Å². The summed E-state index contributed by atoms with van der Waals surface area (Å²) in [5.41, 5.74) is 6.81. The van der Waals surface area contributed by atoms with E-state index in [1.54, 1.807) is 0 Å². The number of aromatic amines is 1. The molecule has 1 saturated heterocycles. The number of halogens is 1. The zero-order valence-electron chi connectivity index (χ0n) is 17.5. The lowest BCUT2D eigenvalue weighted by Crippen LogP contribution is -2.39. The van der Waals surface area contributed by atoms with Crippen LogP contribution < -0.4 is 21.3 Å². The highest BCUT2D eigenvalue weighted by Crippen LogP contribution is 2.24. The van der Waals surface area contributed by atoms with E-state index in [9.17, 15) is 4.39 Å². The number of aryl methyl sites for hydroxylation is 1.